The summed E-state index contributed by atoms with van der Waals surface area (Å²) in [7, 11) is 0. The van der Waals surface area contributed by atoms with E-state index in [-0.39, 0.29) is 58.0 Å². The Morgan fingerprint density at radius 2 is 1.72 bits per heavy atom. The number of carbonyl (C=O) groups excluding carboxylic acids is 1. The fourth-order valence-electron chi connectivity index (χ4n) is 7.30. The van der Waals surface area contributed by atoms with Gasteiger partial charge in [-0.05, 0) is 43.2 Å². The van der Waals surface area contributed by atoms with E-state index in [1.165, 1.54) is 4.90 Å². The van der Waals surface area contributed by atoms with Crippen molar-refractivity contribution in [3.63, 3.8) is 0 Å². The fourth-order valence-corrected chi connectivity index (χ4v) is 7.94. The summed E-state index contributed by atoms with van der Waals surface area (Å²) in [4.78, 5) is 31.7. The summed E-state index contributed by atoms with van der Waals surface area (Å²) in [5, 5.41) is 14.8. The Kier molecular flexibility index (Phi) is 7.50. The quantitative estimate of drug-likeness (QED) is 0.272. The number of fused-ring (bicyclic) bond motifs is 4. The third kappa shape index (κ3) is 5.17. The Morgan fingerprint density at radius 3 is 2.47 bits per heavy atom. The summed E-state index contributed by atoms with van der Waals surface area (Å²) in [6.45, 7) is 3.17. The van der Waals surface area contributed by atoms with Gasteiger partial charge < -0.3 is 29.3 Å². The molecule has 0 saturated carbocycles. The standard InChI is InChI=1S/C34H30Cl2FN5O5/c35-27-10-23(39-8-9-41-20(15-39)6-7-38-41)11-28(36)31(27)33(43)40-14-19-2-1-3-24(32(19)47-18-40)25-13-30(26(34(44)45)12-29(25)37)42-21-4-5-22(42)17-46-16-21/h1-3,6-7,10-13,21-22H,4-5,8-9,14-18H2,(H,44,45). The number of nitrogens with zero attached hydrogens (tertiary/aromatic N) is 5. The highest BCUT2D eigenvalue weighted by Gasteiger charge is 2.40. The lowest BCUT2D eigenvalue weighted by Gasteiger charge is -2.37. The maximum Gasteiger partial charge on any atom is 0.337 e. The van der Waals surface area contributed by atoms with E-state index in [0.717, 1.165) is 43.4 Å². The van der Waals surface area contributed by atoms with Crippen LogP contribution in [-0.4, -0.2) is 70.2 Å². The molecule has 2 bridgehead atoms. The first kappa shape index (κ1) is 30.0. The average molecular weight is 679 g/mol. The van der Waals surface area contributed by atoms with Gasteiger partial charge in [0.25, 0.3) is 5.91 Å². The van der Waals surface area contributed by atoms with E-state index in [0.29, 0.717) is 42.3 Å². The molecule has 1 aromatic heterocycles. The average Bonchev–Trinajstić information content (AvgIpc) is 3.63. The molecule has 0 aliphatic carbocycles. The van der Waals surface area contributed by atoms with E-state index in [9.17, 15) is 14.7 Å². The van der Waals surface area contributed by atoms with Crippen LogP contribution in [0.1, 0.15) is 44.8 Å². The summed E-state index contributed by atoms with van der Waals surface area (Å²) in [6.07, 6.45) is 3.54. The number of hydrogen-bond acceptors (Lipinski definition) is 7. The zero-order chi connectivity index (χ0) is 32.4. The molecule has 10 nitrogen and oxygen atoms in total. The van der Waals surface area contributed by atoms with Crippen LogP contribution in [-0.2, 0) is 24.4 Å². The van der Waals surface area contributed by atoms with E-state index in [4.69, 9.17) is 32.7 Å². The number of hydrogen-bond donors (Lipinski definition) is 1. The van der Waals surface area contributed by atoms with Crippen molar-refractivity contribution in [2.75, 3.05) is 36.3 Å². The molecule has 8 rings (SSSR count). The first-order chi connectivity index (χ1) is 22.8. The van der Waals surface area contributed by atoms with Gasteiger partial charge >= 0.3 is 5.97 Å². The summed E-state index contributed by atoms with van der Waals surface area (Å²) < 4.78 is 29.5. The normalized spacial score (nSPS) is 20.1. The topological polar surface area (TPSA) is 100 Å². The van der Waals surface area contributed by atoms with Crippen LogP contribution >= 0.6 is 23.2 Å². The van der Waals surface area contributed by atoms with Crippen molar-refractivity contribution < 1.29 is 28.6 Å². The Labute approximate surface area is 279 Å². The van der Waals surface area contributed by atoms with Gasteiger partial charge in [0, 0.05) is 35.1 Å². The monoisotopic (exact) mass is 677 g/mol. The van der Waals surface area contributed by atoms with Crippen LogP contribution in [0.5, 0.6) is 5.75 Å². The lowest BCUT2D eigenvalue weighted by atomic mass is 9.96. The number of rotatable bonds is 5. The van der Waals surface area contributed by atoms with Crippen molar-refractivity contribution in [2.45, 2.75) is 44.6 Å². The first-order valence-corrected chi connectivity index (χ1v) is 16.2. The molecule has 2 fully saturated rings. The third-order valence-electron chi connectivity index (χ3n) is 9.58. The SMILES string of the molecule is O=C(O)c1cc(F)c(-c2cccc3c2OCN(C(=O)c2c(Cl)cc(N4CCn5nccc5C4)cc2Cl)C3)cc1N1C2CCC1COC2. The highest BCUT2D eigenvalue weighted by atomic mass is 35.5. The van der Waals surface area contributed by atoms with Crippen LogP contribution in [0.15, 0.2) is 54.7 Å². The maximum atomic E-state index is 15.7. The first-order valence-electron chi connectivity index (χ1n) is 15.5. The van der Waals surface area contributed by atoms with Crippen molar-refractivity contribution in [3.05, 3.63) is 93.0 Å². The number of aromatic carboxylic acids is 1. The highest BCUT2D eigenvalue weighted by Crippen LogP contribution is 2.43. The summed E-state index contributed by atoms with van der Waals surface area (Å²) in [6, 6.07) is 13.6. The number of aromatic nitrogens is 2. The molecule has 47 heavy (non-hydrogen) atoms. The van der Waals surface area contributed by atoms with Gasteiger partial charge in [0.05, 0.1) is 77.5 Å². The van der Waals surface area contributed by atoms with Gasteiger partial charge in [-0.3, -0.25) is 9.48 Å². The molecule has 242 valence electrons. The van der Waals surface area contributed by atoms with Gasteiger partial charge in [-0.1, -0.05) is 41.4 Å². The number of anilines is 2. The molecule has 0 spiro atoms. The van der Waals surface area contributed by atoms with Crippen LogP contribution in [0.2, 0.25) is 10.0 Å². The lowest BCUT2D eigenvalue weighted by molar-refractivity contribution is 0.0516. The van der Waals surface area contributed by atoms with Crippen molar-refractivity contribution in [3.8, 4) is 16.9 Å². The van der Waals surface area contributed by atoms with Gasteiger partial charge in [0.15, 0.2) is 6.73 Å². The van der Waals surface area contributed by atoms with Gasteiger partial charge in [-0.15, -0.1) is 0 Å². The van der Waals surface area contributed by atoms with Crippen molar-refractivity contribution >= 4 is 46.5 Å². The molecule has 2 atom stereocenters. The van der Waals surface area contributed by atoms with Crippen LogP contribution in [0.4, 0.5) is 15.8 Å². The Hall–Kier alpha value is -4.32. The molecule has 4 aromatic rings. The molecule has 0 radical (unpaired) electrons. The van der Waals surface area contributed by atoms with Gasteiger partial charge in [0.2, 0.25) is 0 Å². The van der Waals surface area contributed by atoms with Crippen LogP contribution in [0.25, 0.3) is 11.1 Å². The van der Waals surface area contributed by atoms with Gasteiger partial charge in [-0.2, -0.15) is 5.10 Å². The molecular formula is C34H30Cl2FN5O5. The Balaban J connectivity index is 1.07. The number of carboxylic acids is 1. The number of amides is 1. The van der Waals surface area contributed by atoms with Gasteiger partial charge in [0.1, 0.15) is 11.6 Å². The second-order valence-corrected chi connectivity index (χ2v) is 13.1. The molecule has 5 heterocycles. The Bertz CT molecular complexity index is 1900. The summed E-state index contributed by atoms with van der Waals surface area (Å²) >= 11 is 13.4. The Morgan fingerprint density at radius 1 is 0.957 bits per heavy atom. The molecule has 1 N–H and O–H groups in total. The largest absolute Gasteiger partial charge is 0.478 e. The number of ether oxygens (including phenoxy) is 2. The molecule has 1 amide bonds. The third-order valence-corrected chi connectivity index (χ3v) is 10.2. The van der Waals surface area contributed by atoms with E-state index in [1.807, 2.05) is 16.8 Å². The van der Waals surface area contributed by atoms with Crippen LogP contribution in [0.3, 0.4) is 0 Å². The fraction of sp³-hybridized carbons (Fsp3) is 0.324. The second kappa shape index (κ2) is 11.7. The van der Waals surface area contributed by atoms with Crippen LogP contribution < -0.4 is 14.5 Å². The summed E-state index contributed by atoms with van der Waals surface area (Å²) in [5.74, 6) is -1.81. The highest BCUT2D eigenvalue weighted by molar-refractivity contribution is 6.40. The van der Waals surface area contributed by atoms with E-state index < -0.39 is 11.8 Å². The van der Waals surface area contributed by atoms with Crippen molar-refractivity contribution in [2.24, 2.45) is 0 Å². The lowest BCUT2D eigenvalue weighted by Crippen LogP contribution is -2.46. The smallest absolute Gasteiger partial charge is 0.337 e. The molecule has 4 aliphatic heterocycles. The minimum atomic E-state index is -1.19. The van der Waals surface area contributed by atoms with E-state index in [2.05, 4.69) is 14.9 Å². The minimum absolute atomic E-state index is 0.0305. The maximum absolute atomic E-state index is 15.7. The summed E-state index contributed by atoms with van der Waals surface area (Å²) in [5.41, 5.74) is 3.85. The van der Waals surface area contributed by atoms with Gasteiger partial charge in [-0.25, -0.2) is 9.18 Å². The zero-order valence-electron chi connectivity index (χ0n) is 25.2. The molecule has 2 saturated heterocycles. The molecular weight excluding hydrogens is 648 g/mol. The number of carbonyl (C=O) groups is 2. The van der Waals surface area contributed by atoms with Crippen molar-refractivity contribution in [1.29, 1.82) is 0 Å². The number of halogens is 3. The predicted octanol–water partition coefficient (Wildman–Crippen LogP) is 6.07. The predicted molar refractivity (Wildman–Crippen MR) is 174 cm³/mol. The minimum Gasteiger partial charge on any atom is -0.478 e. The molecule has 3 aromatic carbocycles. The molecule has 2 unspecified atom stereocenters. The van der Waals surface area contributed by atoms with E-state index >= 15 is 4.39 Å². The van der Waals surface area contributed by atoms with Crippen molar-refractivity contribution in [1.82, 2.24) is 14.7 Å². The zero-order valence-corrected chi connectivity index (χ0v) is 26.7. The van der Waals surface area contributed by atoms with E-state index in [1.54, 1.807) is 36.5 Å². The van der Waals surface area contributed by atoms with Crippen LogP contribution in [0, 0.1) is 5.82 Å². The number of benzene rings is 3. The second-order valence-electron chi connectivity index (χ2n) is 12.3. The molecule has 13 heteroatoms. The molecule has 4 aliphatic rings. The number of carboxylic acid groups (broad SMARTS) is 1. The number of morpholine rings is 1. The number of para-hydroxylation sites is 1.